The third-order valence-electron chi connectivity index (χ3n) is 6.40. The molecular weight excluding hydrogens is 366 g/mol. The Hall–Kier alpha value is -2.73. The molecule has 6 nitrogen and oxygen atoms in total. The maximum absolute atomic E-state index is 13.6. The number of likely N-dealkylation sites (N-methyl/N-ethyl adjacent to an activating group) is 1. The first kappa shape index (κ1) is 18.3. The van der Waals surface area contributed by atoms with Crippen molar-refractivity contribution >= 4 is 11.8 Å². The van der Waals surface area contributed by atoms with E-state index in [4.69, 9.17) is 4.74 Å². The quantitative estimate of drug-likeness (QED) is 0.801. The van der Waals surface area contributed by atoms with Crippen LogP contribution in [0.4, 0.5) is 0 Å². The van der Waals surface area contributed by atoms with Crippen molar-refractivity contribution in [1.29, 1.82) is 0 Å². The van der Waals surface area contributed by atoms with Gasteiger partial charge >= 0.3 is 0 Å². The molecule has 2 aliphatic carbocycles. The molecule has 0 spiro atoms. The van der Waals surface area contributed by atoms with E-state index in [2.05, 4.69) is 17.1 Å². The van der Waals surface area contributed by atoms with Crippen molar-refractivity contribution < 1.29 is 14.3 Å². The molecule has 0 unspecified atom stereocenters. The summed E-state index contributed by atoms with van der Waals surface area (Å²) in [5, 5.41) is 0. The molecule has 150 valence electrons. The van der Waals surface area contributed by atoms with Crippen molar-refractivity contribution in [3.8, 4) is 0 Å². The predicted octanol–water partition coefficient (Wildman–Crippen LogP) is 2.14. The van der Waals surface area contributed by atoms with Crippen LogP contribution in [0.15, 0.2) is 48.8 Å². The number of amides is 2. The minimum atomic E-state index is -0.703. The number of morpholine rings is 1. The van der Waals surface area contributed by atoms with E-state index in [1.54, 1.807) is 12.4 Å². The highest BCUT2D eigenvalue weighted by molar-refractivity contribution is 5.87. The van der Waals surface area contributed by atoms with Gasteiger partial charge in [0.05, 0.1) is 6.04 Å². The third-order valence-corrected chi connectivity index (χ3v) is 6.40. The van der Waals surface area contributed by atoms with Crippen LogP contribution < -0.4 is 0 Å². The maximum atomic E-state index is 13.6. The largest absolute Gasteiger partial charge is 0.356 e. The monoisotopic (exact) mass is 391 g/mol. The average Bonchev–Trinajstić information content (AvgIpc) is 3.50. The summed E-state index contributed by atoms with van der Waals surface area (Å²) in [6.07, 6.45) is 6.42. The number of nitrogens with zero attached hydrogens (tertiary/aromatic N) is 3. The number of carbonyl (C=O) groups is 2. The van der Waals surface area contributed by atoms with Crippen LogP contribution in [0.2, 0.25) is 0 Å². The van der Waals surface area contributed by atoms with E-state index in [1.807, 2.05) is 41.1 Å². The highest BCUT2D eigenvalue weighted by atomic mass is 16.5. The van der Waals surface area contributed by atoms with Crippen molar-refractivity contribution in [2.45, 2.75) is 49.9 Å². The smallest absolute Gasteiger partial charge is 0.254 e. The van der Waals surface area contributed by atoms with Gasteiger partial charge in [-0.25, -0.2) is 0 Å². The van der Waals surface area contributed by atoms with Crippen LogP contribution in [-0.4, -0.2) is 58.4 Å². The fourth-order valence-electron chi connectivity index (χ4n) is 4.69. The van der Waals surface area contributed by atoms with E-state index in [0.29, 0.717) is 0 Å². The van der Waals surface area contributed by atoms with Gasteiger partial charge in [0.15, 0.2) is 6.10 Å². The molecule has 6 heteroatoms. The Kier molecular flexibility index (Phi) is 4.59. The first-order chi connectivity index (χ1) is 14.1. The molecule has 2 amide bonds. The van der Waals surface area contributed by atoms with Crippen molar-refractivity contribution in [1.82, 2.24) is 14.8 Å². The summed E-state index contributed by atoms with van der Waals surface area (Å²) >= 11 is 0. The van der Waals surface area contributed by atoms with Crippen LogP contribution in [0.3, 0.4) is 0 Å². The van der Waals surface area contributed by atoms with E-state index in [-0.39, 0.29) is 30.5 Å². The molecule has 1 aliphatic heterocycles. The number of hydrogen-bond acceptors (Lipinski definition) is 4. The molecule has 2 aromatic rings. The molecule has 2 atom stereocenters. The minimum Gasteiger partial charge on any atom is -0.356 e. The molecule has 5 rings (SSSR count). The lowest BCUT2D eigenvalue weighted by atomic mass is 9.97. The molecular formula is C23H25N3O3. The Bertz CT molecular complexity index is 903. The van der Waals surface area contributed by atoms with Gasteiger partial charge < -0.3 is 14.5 Å². The minimum absolute atomic E-state index is 0.0393. The summed E-state index contributed by atoms with van der Waals surface area (Å²) in [5.41, 5.74) is 3.47. The Morgan fingerprint density at radius 2 is 1.86 bits per heavy atom. The van der Waals surface area contributed by atoms with Gasteiger partial charge in [0, 0.05) is 31.5 Å². The van der Waals surface area contributed by atoms with Gasteiger partial charge in [-0.2, -0.15) is 0 Å². The molecule has 0 radical (unpaired) electrons. The third kappa shape index (κ3) is 3.31. The summed E-state index contributed by atoms with van der Waals surface area (Å²) in [7, 11) is 1.86. The van der Waals surface area contributed by atoms with Crippen LogP contribution in [0.25, 0.3) is 0 Å². The van der Waals surface area contributed by atoms with Crippen molar-refractivity contribution in [2.75, 3.05) is 13.7 Å². The first-order valence-electron chi connectivity index (χ1n) is 10.3. The summed E-state index contributed by atoms with van der Waals surface area (Å²) < 4.78 is 5.87. The van der Waals surface area contributed by atoms with Crippen LogP contribution >= 0.6 is 0 Å². The highest BCUT2D eigenvalue weighted by Gasteiger charge is 2.48. The van der Waals surface area contributed by atoms with Crippen LogP contribution in [0.5, 0.6) is 0 Å². The van der Waals surface area contributed by atoms with Gasteiger partial charge in [0.25, 0.3) is 5.91 Å². The second-order valence-corrected chi connectivity index (χ2v) is 8.27. The van der Waals surface area contributed by atoms with Crippen LogP contribution in [0.1, 0.15) is 35.6 Å². The summed E-state index contributed by atoms with van der Waals surface area (Å²) in [6, 6.07) is 12.0. The second kappa shape index (κ2) is 7.26. The van der Waals surface area contributed by atoms with Gasteiger partial charge in [-0.05, 0) is 48.4 Å². The normalized spacial score (nSPS) is 24.4. The Morgan fingerprint density at radius 1 is 1.14 bits per heavy atom. The lowest BCUT2D eigenvalue weighted by Crippen LogP contribution is -2.56. The number of hydrogen-bond donors (Lipinski definition) is 0. The number of aromatic nitrogens is 1. The molecule has 0 N–H and O–H groups in total. The van der Waals surface area contributed by atoms with E-state index in [1.165, 1.54) is 11.1 Å². The number of carbonyl (C=O) groups excluding carboxylic acids is 2. The molecule has 2 heterocycles. The van der Waals surface area contributed by atoms with Crippen LogP contribution in [0, 0.1) is 0 Å². The van der Waals surface area contributed by atoms with Crippen molar-refractivity contribution in [3.05, 3.63) is 65.5 Å². The Balaban J connectivity index is 1.42. The predicted molar refractivity (Wildman–Crippen MR) is 107 cm³/mol. The summed E-state index contributed by atoms with van der Waals surface area (Å²) in [4.78, 5) is 34.1. The van der Waals surface area contributed by atoms with E-state index >= 15 is 0 Å². The van der Waals surface area contributed by atoms with E-state index < -0.39 is 12.1 Å². The van der Waals surface area contributed by atoms with Gasteiger partial charge in [0.2, 0.25) is 5.91 Å². The fourth-order valence-corrected chi connectivity index (χ4v) is 4.69. The molecule has 29 heavy (non-hydrogen) atoms. The molecule has 1 aromatic carbocycles. The topological polar surface area (TPSA) is 62.7 Å². The zero-order valence-corrected chi connectivity index (χ0v) is 16.5. The number of fused-ring (bicyclic) bond motifs is 1. The van der Waals surface area contributed by atoms with E-state index in [9.17, 15) is 9.59 Å². The van der Waals surface area contributed by atoms with Gasteiger partial charge in [-0.3, -0.25) is 14.6 Å². The number of rotatable bonds is 4. The average molecular weight is 391 g/mol. The van der Waals surface area contributed by atoms with Gasteiger partial charge in [-0.15, -0.1) is 0 Å². The maximum Gasteiger partial charge on any atom is 0.254 e. The Labute approximate surface area is 170 Å². The van der Waals surface area contributed by atoms with Crippen molar-refractivity contribution in [3.63, 3.8) is 0 Å². The molecule has 1 saturated heterocycles. The summed E-state index contributed by atoms with van der Waals surface area (Å²) in [5.74, 6) is -0.101. The van der Waals surface area contributed by atoms with Crippen molar-refractivity contribution in [2.24, 2.45) is 0 Å². The van der Waals surface area contributed by atoms with Gasteiger partial charge in [0.1, 0.15) is 6.61 Å². The standard InChI is InChI=1S/C23H25N3O3/c1-25(19-11-15-5-2-3-6-16(15)12-19)23(28)22-21(17-7-4-10-24-13-17)26(18-8-9-18)20(27)14-29-22/h2-7,10,13,18-19,21-22H,8-9,11-12,14H2,1H3/t21-,22+/m1/s1. The molecule has 1 saturated carbocycles. The zero-order chi connectivity index (χ0) is 20.0. The number of benzene rings is 1. The summed E-state index contributed by atoms with van der Waals surface area (Å²) in [6.45, 7) is -0.0393. The second-order valence-electron chi connectivity index (χ2n) is 8.27. The molecule has 3 aliphatic rings. The van der Waals surface area contributed by atoms with Crippen LogP contribution in [-0.2, 0) is 27.2 Å². The molecule has 1 aromatic heterocycles. The fraction of sp³-hybridized carbons (Fsp3) is 0.435. The molecule has 2 fully saturated rings. The SMILES string of the molecule is CN(C(=O)[C@H]1OCC(=O)N(C2CC2)[C@@H]1c1cccnc1)C1Cc2ccccc2C1. The number of ether oxygens (including phenoxy) is 1. The van der Waals surface area contributed by atoms with Gasteiger partial charge in [-0.1, -0.05) is 30.3 Å². The lowest BCUT2D eigenvalue weighted by molar-refractivity contribution is -0.170. The molecule has 0 bridgehead atoms. The lowest BCUT2D eigenvalue weighted by Gasteiger charge is -2.42. The first-order valence-corrected chi connectivity index (χ1v) is 10.3. The zero-order valence-electron chi connectivity index (χ0n) is 16.5. The Morgan fingerprint density at radius 3 is 2.48 bits per heavy atom. The van der Waals surface area contributed by atoms with E-state index in [0.717, 1.165) is 31.2 Å². The number of pyridine rings is 1. The highest BCUT2D eigenvalue weighted by Crippen LogP contribution is 2.40.